The first-order chi connectivity index (χ1) is 8.67. The van der Waals surface area contributed by atoms with Crippen molar-refractivity contribution in [3.8, 4) is 5.75 Å². The van der Waals surface area contributed by atoms with Crippen LogP contribution in [0.2, 0.25) is 0 Å². The maximum Gasteiger partial charge on any atom is 0.331 e. The number of hydrogen-bond acceptors (Lipinski definition) is 5. The lowest BCUT2D eigenvalue weighted by molar-refractivity contribution is -0.146. The molecule has 0 aromatic heterocycles. The molecule has 0 fully saturated rings. The molecule has 1 aromatic rings. The summed E-state index contributed by atoms with van der Waals surface area (Å²) < 4.78 is 14.9. The van der Waals surface area contributed by atoms with E-state index in [2.05, 4.69) is 4.74 Å². The fraction of sp³-hybridized carbons (Fsp3) is 0.462. The number of methoxy groups -OCH3 is 1. The molecule has 0 bridgehead atoms. The summed E-state index contributed by atoms with van der Waals surface area (Å²) in [5, 5.41) is 0. The summed E-state index contributed by atoms with van der Waals surface area (Å²) in [6.07, 6.45) is 0. The minimum Gasteiger partial charge on any atom is -0.494 e. The summed E-state index contributed by atoms with van der Waals surface area (Å²) in [7, 11) is 1.32. The Balaban J connectivity index is 2.41. The first-order valence-corrected chi connectivity index (χ1v) is 5.80. The molecular formula is C13H19NO4. The van der Waals surface area contributed by atoms with Crippen LogP contribution in [0, 0.1) is 0 Å². The van der Waals surface area contributed by atoms with E-state index in [4.69, 9.17) is 15.2 Å². The van der Waals surface area contributed by atoms with Gasteiger partial charge in [-0.1, -0.05) is 12.1 Å². The summed E-state index contributed by atoms with van der Waals surface area (Å²) >= 11 is 0. The van der Waals surface area contributed by atoms with Crippen molar-refractivity contribution in [3.05, 3.63) is 29.8 Å². The van der Waals surface area contributed by atoms with Crippen molar-refractivity contribution in [1.29, 1.82) is 0 Å². The first kappa shape index (κ1) is 14.5. The van der Waals surface area contributed by atoms with Gasteiger partial charge in [-0.15, -0.1) is 0 Å². The SMILES string of the molecule is CCOc1ccc(C(N)COCC(=O)OC)cc1. The van der Waals surface area contributed by atoms with Crippen molar-refractivity contribution in [2.45, 2.75) is 13.0 Å². The molecule has 1 unspecified atom stereocenters. The third-order valence-electron chi connectivity index (χ3n) is 2.36. The molecule has 1 aromatic carbocycles. The Labute approximate surface area is 107 Å². The van der Waals surface area contributed by atoms with Gasteiger partial charge in [-0.05, 0) is 24.6 Å². The van der Waals surface area contributed by atoms with E-state index in [1.165, 1.54) is 7.11 Å². The predicted molar refractivity (Wildman–Crippen MR) is 67.4 cm³/mol. The van der Waals surface area contributed by atoms with Gasteiger partial charge in [0.05, 0.1) is 26.4 Å². The number of hydrogen-bond donors (Lipinski definition) is 1. The molecule has 2 N–H and O–H groups in total. The highest BCUT2D eigenvalue weighted by molar-refractivity contribution is 5.70. The number of nitrogens with two attached hydrogens (primary N) is 1. The molecular weight excluding hydrogens is 234 g/mol. The van der Waals surface area contributed by atoms with Crippen LogP contribution >= 0.6 is 0 Å². The summed E-state index contributed by atoms with van der Waals surface area (Å²) in [4.78, 5) is 10.8. The molecule has 0 aliphatic carbocycles. The average Bonchev–Trinajstić information content (AvgIpc) is 2.39. The number of carbonyl (C=O) groups is 1. The second-order valence-electron chi connectivity index (χ2n) is 3.70. The van der Waals surface area contributed by atoms with E-state index >= 15 is 0 Å². The van der Waals surface area contributed by atoms with Crippen LogP contribution in [0.1, 0.15) is 18.5 Å². The number of carbonyl (C=O) groups excluding carboxylic acids is 1. The Morgan fingerprint density at radius 3 is 2.56 bits per heavy atom. The molecule has 1 atom stereocenters. The smallest absolute Gasteiger partial charge is 0.331 e. The second kappa shape index (κ2) is 7.68. The van der Waals surface area contributed by atoms with Crippen molar-refractivity contribution in [1.82, 2.24) is 0 Å². The Hall–Kier alpha value is -1.59. The van der Waals surface area contributed by atoms with Gasteiger partial charge < -0.3 is 19.9 Å². The van der Waals surface area contributed by atoms with E-state index in [1.807, 2.05) is 31.2 Å². The zero-order valence-corrected chi connectivity index (χ0v) is 10.7. The lowest BCUT2D eigenvalue weighted by Crippen LogP contribution is -2.20. The quantitative estimate of drug-likeness (QED) is 0.741. The van der Waals surface area contributed by atoms with Crippen molar-refractivity contribution in [2.24, 2.45) is 5.73 Å². The molecule has 100 valence electrons. The maximum absolute atomic E-state index is 10.8. The molecule has 0 aliphatic rings. The predicted octanol–water partition coefficient (Wildman–Crippen LogP) is 1.27. The molecule has 0 saturated carbocycles. The molecule has 0 spiro atoms. The number of rotatable bonds is 7. The Kier molecular flexibility index (Phi) is 6.18. The summed E-state index contributed by atoms with van der Waals surface area (Å²) in [6, 6.07) is 7.22. The minimum absolute atomic E-state index is 0.0821. The van der Waals surface area contributed by atoms with Crippen LogP contribution in [0.3, 0.4) is 0 Å². The largest absolute Gasteiger partial charge is 0.494 e. The fourth-order valence-electron chi connectivity index (χ4n) is 1.40. The van der Waals surface area contributed by atoms with Gasteiger partial charge in [-0.25, -0.2) is 4.79 Å². The molecule has 0 radical (unpaired) electrons. The van der Waals surface area contributed by atoms with Crippen LogP contribution in [-0.2, 0) is 14.3 Å². The zero-order valence-electron chi connectivity index (χ0n) is 10.7. The van der Waals surface area contributed by atoms with Gasteiger partial charge in [0.2, 0.25) is 0 Å². The van der Waals surface area contributed by atoms with E-state index in [-0.39, 0.29) is 19.3 Å². The highest BCUT2D eigenvalue weighted by atomic mass is 16.6. The number of ether oxygens (including phenoxy) is 3. The number of benzene rings is 1. The van der Waals surface area contributed by atoms with Crippen molar-refractivity contribution in [2.75, 3.05) is 26.9 Å². The van der Waals surface area contributed by atoms with Crippen LogP contribution in [0.5, 0.6) is 5.75 Å². The Bertz CT molecular complexity index is 364. The normalized spacial score (nSPS) is 11.9. The van der Waals surface area contributed by atoms with Gasteiger partial charge in [0, 0.05) is 0 Å². The average molecular weight is 253 g/mol. The number of esters is 1. The van der Waals surface area contributed by atoms with Crippen molar-refractivity contribution in [3.63, 3.8) is 0 Å². The van der Waals surface area contributed by atoms with Gasteiger partial charge in [-0.2, -0.15) is 0 Å². The van der Waals surface area contributed by atoms with Gasteiger partial charge in [0.15, 0.2) is 0 Å². The monoisotopic (exact) mass is 253 g/mol. The molecule has 5 heteroatoms. The van der Waals surface area contributed by atoms with Crippen LogP contribution in [0.15, 0.2) is 24.3 Å². The molecule has 0 aliphatic heterocycles. The van der Waals surface area contributed by atoms with Gasteiger partial charge in [-0.3, -0.25) is 0 Å². The van der Waals surface area contributed by atoms with Gasteiger partial charge >= 0.3 is 5.97 Å². The molecule has 1 rings (SSSR count). The van der Waals surface area contributed by atoms with Crippen LogP contribution in [0.25, 0.3) is 0 Å². The molecule has 18 heavy (non-hydrogen) atoms. The van der Waals surface area contributed by atoms with Crippen LogP contribution < -0.4 is 10.5 Å². The zero-order chi connectivity index (χ0) is 13.4. The Morgan fingerprint density at radius 1 is 1.33 bits per heavy atom. The fourth-order valence-corrected chi connectivity index (χ4v) is 1.40. The lowest BCUT2D eigenvalue weighted by atomic mass is 10.1. The van der Waals surface area contributed by atoms with E-state index in [1.54, 1.807) is 0 Å². The van der Waals surface area contributed by atoms with Gasteiger partial charge in [0.1, 0.15) is 12.4 Å². The molecule has 0 heterocycles. The summed E-state index contributed by atoms with van der Waals surface area (Å²) in [5.41, 5.74) is 6.86. The van der Waals surface area contributed by atoms with Crippen molar-refractivity contribution >= 4 is 5.97 Å². The van der Waals surface area contributed by atoms with E-state index in [0.29, 0.717) is 6.61 Å². The molecule has 5 nitrogen and oxygen atoms in total. The second-order valence-corrected chi connectivity index (χ2v) is 3.70. The molecule has 0 amide bonds. The summed E-state index contributed by atoms with van der Waals surface area (Å²) in [6.45, 7) is 2.75. The van der Waals surface area contributed by atoms with Crippen LogP contribution in [0.4, 0.5) is 0 Å². The lowest BCUT2D eigenvalue weighted by Gasteiger charge is -2.12. The maximum atomic E-state index is 10.8. The first-order valence-electron chi connectivity index (χ1n) is 5.80. The van der Waals surface area contributed by atoms with E-state index in [9.17, 15) is 4.79 Å². The topological polar surface area (TPSA) is 70.8 Å². The third-order valence-corrected chi connectivity index (χ3v) is 2.36. The van der Waals surface area contributed by atoms with Crippen LogP contribution in [-0.4, -0.2) is 32.9 Å². The molecule has 0 saturated heterocycles. The third kappa shape index (κ3) is 4.73. The van der Waals surface area contributed by atoms with E-state index in [0.717, 1.165) is 11.3 Å². The minimum atomic E-state index is -0.408. The summed E-state index contributed by atoms with van der Waals surface area (Å²) in [5.74, 6) is 0.401. The van der Waals surface area contributed by atoms with E-state index < -0.39 is 5.97 Å². The van der Waals surface area contributed by atoms with Crippen molar-refractivity contribution < 1.29 is 19.0 Å². The van der Waals surface area contributed by atoms with Gasteiger partial charge in [0.25, 0.3) is 0 Å². The standard InChI is InChI=1S/C13H19NO4/c1-3-18-11-6-4-10(5-7-11)12(14)8-17-9-13(15)16-2/h4-7,12H,3,8-9,14H2,1-2H3. The Morgan fingerprint density at radius 2 is 2.00 bits per heavy atom. The highest BCUT2D eigenvalue weighted by Crippen LogP contribution is 2.16. The highest BCUT2D eigenvalue weighted by Gasteiger charge is 2.08.